The molecule has 3 N–H and O–H groups in total. The molecule has 0 bridgehead atoms. The lowest BCUT2D eigenvalue weighted by Crippen LogP contribution is -2.28. The smallest absolute Gasteiger partial charge is 0.0762 e. The number of nitrogens with one attached hydrogen (secondary N) is 1. The zero-order chi connectivity index (χ0) is 15.0. The van der Waals surface area contributed by atoms with Crippen LogP contribution in [0.25, 0.3) is 10.9 Å². The number of nitrogens with two attached hydrogens (primary N) is 1. The van der Waals surface area contributed by atoms with Gasteiger partial charge >= 0.3 is 0 Å². The van der Waals surface area contributed by atoms with Gasteiger partial charge in [-0.1, -0.05) is 12.1 Å². The summed E-state index contributed by atoms with van der Waals surface area (Å²) in [5.41, 5.74) is 7.15. The van der Waals surface area contributed by atoms with Gasteiger partial charge < -0.3 is 0 Å². The third-order valence-corrected chi connectivity index (χ3v) is 5.73. The zero-order valence-corrected chi connectivity index (χ0v) is 15.2. The van der Waals surface area contributed by atoms with E-state index in [0.29, 0.717) is 0 Å². The van der Waals surface area contributed by atoms with Crippen LogP contribution < -0.4 is 11.3 Å². The van der Waals surface area contributed by atoms with Crippen LogP contribution in [0, 0.1) is 6.92 Å². The van der Waals surface area contributed by atoms with Crippen LogP contribution in [0.3, 0.4) is 0 Å². The van der Waals surface area contributed by atoms with E-state index < -0.39 is 0 Å². The Balaban J connectivity index is 2.08. The second-order valence-corrected chi connectivity index (χ2v) is 8.53. The molecule has 1 unspecified atom stereocenters. The lowest BCUT2D eigenvalue weighted by molar-refractivity contribution is 0.637. The fourth-order valence-corrected chi connectivity index (χ4v) is 5.24. The Bertz CT molecular complexity index is 801. The first-order valence-electron chi connectivity index (χ1n) is 6.36. The van der Waals surface area contributed by atoms with Gasteiger partial charge in [0.2, 0.25) is 0 Å². The van der Waals surface area contributed by atoms with Gasteiger partial charge in [0.25, 0.3) is 0 Å². The predicted octanol–water partition coefficient (Wildman–Crippen LogP) is 4.68. The van der Waals surface area contributed by atoms with E-state index in [1.165, 1.54) is 0 Å². The number of thiophene rings is 1. The highest BCUT2D eigenvalue weighted by molar-refractivity contribution is 9.12. The lowest BCUT2D eigenvalue weighted by atomic mass is 10.00. The third-order valence-electron chi connectivity index (χ3n) is 3.35. The molecule has 0 saturated carbocycles. The molecule has 0 saturated heterocycles. The molecule has 0 fully saturated rings. The molecule has 21 heavy (non-hydrogen) atoms. The Morgan fingerprint density at radius 1 is 1.19 bits per heavy atom. The molecule has 0 aliphatic carbocycles. The van der Waals surface area contributed by atoms with Gasteiger partial charge in [0.05, 0.1) is 19.1 Å². The van der Waals surface area contributed by atoms with Crippen molar-refractivity contribution in [2.24, 2.45) is 5.84 Å². The van der Waals surface area contributed by atoms with Crippen LogP contribution in [0.4, 0.5) is 0 Å². The number of aryl methyl sites for hydroxylation is 1. The number of hydrogen-bond donors (Lipinski definition) is 2. The van der Waals surface area contributed by atoms with E-state index in [9.17, 15) is 0 Å². The number of benzene rings is 1. The molecule has 0 amide bonds. The number of hydrogen-bond acceptors (Lipinski definition) is 4. The molecule has 0 aliphatic rings. The van der Waals surface area contributed by atoms with Gasteiger partial charge in [-0.2, -0.15) is 0 Å². The topological polar surface area (TPSA) is 50.9 Å². The maximum atomic E-state index is 5.79. The van der Waals surface area contributed by atoms with E-state index in [0.717, 1.165) is 35.3 Å². The molecule has 1 aromatic carbocycles. The number of halogens is 2. The van der Waals surface area contributed by atoms with Crippen LogP contribution >= 0.6 is 43.2 Å². The van der Waals surface area contributed by atoms with E-state index >= 15 is 0 Å². The predicted molar refractivity (Wildman–Crippen MR) is 95.4 cm³/mol. The second kappa shape index (κ2) is 6.14. The lowest BCUT2D eigenvalue weighted by Gasteiger charge is -2.16. The van der Waals surface area contributed by atoms with Crippen molar-refractivity contribution in [1.29, 1.82) is 0 Å². The molecule has 1 atom stereocenters. The first-order chi connectivity index (χ1) is 10.1. The number of nitrogens with zero attached hydrogens (tertiary/aromatic N) is 1. The summed E-state index contributed by atoms with van der Waals surface area (Å²) in [6.07, 6.45) is 0. The molecule has 3 aromatic rings. The third kappa shape index (κ3) is 3.05. The maximum Gasteiger partial charge on any atom is 0.0762 e. The quantitative estimate of drug-likeness (QED) is 0.472. The number of hydrazine groups is 1. The van der Waals surface area contributed by atoms with Crippen LogP contribution in [0.1, 0.15) is 22.9 Å². The van der Waals surface area contributed by atoms with Crippen LogP contribution in [0.15, 0.2) is 44.0 Å². The largest absolute Gasteiger partial charge is 0.271 e. The minimum absolute atomic E-state index is 0.0624. The molecule has 0 spiro atoms. The number of rotatable bonds is 3. The molecular weight excluding hydrogens is 414 g/mol. The van der Waals surface area contributed by atoms with Crippen LogP contribution in [0.2, 0.25) is 0 Å². The fourth-order valence-electron chi connectivity index (χ4n) is 2.34. The summed E-state index contributed by atoms with van der Waals surface area (Å²) in [7, 11) is 0. The number of pyridine rings is 1. The molecule has 2 aromatic heterocycles. The Hall–Kier alpha value is -0.790. The number of fused-ring (bicyclic) bond motifs is 1. The Kier molecular flexibility index (Phi) is 4.42. The highest BCUT2D eigenvalue weighted by Crippen LogP contribution is 2.38. The monoisotopic (exact) mass is 425 g/mol. The average Bonchev–Trinajstić information content (AvgIpc) is 2.79. The first kappa shape index (κ1) is 15.1. The molecule has 0 aliphatic heterocycles. The fraction of sp³-hybridized carbons (Fsp3) is 0.133. The van der Waals surface area contributed by atoms with Gasteiger partial charge in [-0.15, -0.1) is 11.3 Å². The highest BCUT2D eigenvalue weighted by atomic mass is 79.9. The van der Waals surface area contributed by atoms with Gasteiger partial charge in [0.15, 0.2) is 0 Å². The summed E-state index contributed by atoms with van der Waals surface area (Å²) in [5.74, 6) is 5.79. The molecule has 3 rings (SSSR count). The van der Waals surface area contributed by atoms with E-state index in [1.807, 2.05) is 19.1 Å². The van der Waals surface area contributed by atoms with Crippen LogP contribution in [0.5, 0.6) is 0 Å². The van der Waals surface area contributed by atoms with Gasteiger partial charge in [-0.05, 0) is 68.6 Å². The highest BCUT2D eigenvalue weighted by Gasteiger charge is 2.18. The Labute approximate surface area is 143 Å². The van der Waals surface area contributed by atoms with E-state index in [4.69, 9.17) is 5.84 Å². The second-order valence-electron chi connectivity index (χ2n) is 4.78. The van der Waals surface area contributed by atoms with Crippen molar-refractivity contribution in [3.05, 3.63) is 60.8 Å². The summed E-state index contributed by atoms with van der Waals surface area (Å²) in [5, 5.41) is 1.11. The Morgan fingerprint density at radius 2 is 2.00 bits per heavy atom. The van der Waals surface area contributed by atoms with Crippen molar-refractivity contribution in [1.82, 2.24) is 10.4 Å². The van der Waals surface area contributed by atoms with Crippen molar-refractivity contribution in [2.75, 3.05) is 0 Å². The maximum absolute atomic E-state index is 5.79. The first-order valence-corrected chi connectivity index (χ1v) is 8.77. The van der Waals surface area contributed by atoms with Crippen molar-refractivity contribution < 1.29 is 0 Å². The van der Waals surface area contributed by atoms with Crippen molar-refractivity contribution in [3.63, 3.8) is 0 Å². The standard InChI is InChI=1S/C15H13Br2N3S/c1-8-2-3-9-6-10(4-5-12(9)19-8)14(20-18)11-7-13(16)21-15(11)17/h2-7,14,20H,18H2,1H3. The molecular formula is C15H13Br2N3S. The SMILES string of the molecule is Cc1ccc2cc(C(NN)c3cc(Br)sc3Br)ccc2n1. The summed E-state index contributed by atoms with van der Waals surface area (Å²) < 4.78 is 2.14. The summed E-state index contributed by atoms with van der Waals surface area (Å²) in [6, 6.07) is 12.4. The zero-order valence-electron chi connectivity index (χ0n) is 11.2. The van der Waals surface area contributed by atoms with E-state index in [1.54, 1.807) is 11.3 Å². The van der Waals surface area contributed by atoms with Gasteiger partial charge in [0.1, 0.15) is 0 Å². The van der Waals surface area contributed by atoms with Crippen molar-refractivity contribution in [3.8, 4) is 0 Å². The minimum Gasteiger partial charge on any atom is -0.271 e. The van der Waals surface area contributed by atoms with E-state index in [-0.39, 0.29) is 6.04 Å². The molecule has 0 radical (unpaired) electrons. The average molecular weight is 427 g/mol. The van der Waals surface area contributed by atoms with Crippen LogP contribution in [-0.4, -0.2) is 4.98 Å². The normalized spacial score (nSPS) is 12.8. The van der Waals surface area contributed by atoms with Crippen molar-refractivity contribution >= 4 is 54.1 Å². The Morgan fingerprint density at radius 3 is 2.67 bits per heavy atom. The van der Waals surface area contributed by atoms with Gasteiger partial charge in [-0.25, -0.2) is 5.43 Å². The molecule has 108 valence electrons. The molecule has 3 nitrogen and oxygen atoms in total. The van der Waals surface area contributed by atoms with Gasteiger partial charge in [0, 0.05) is 16.6 Å². The summed E-state index contributed by atoms with van der Waals surface area (Å²) >= 11 is 8.75. The molecule has 6 heteroatoms. The van der Waals surface area contributed by atoms with Gasteiger partial charge in [-0.3, -0.25) is 10.8 Å². The molecule has 2 heterocycles. The summed E-state index contributed by atoms with van der Waals surface area (Å²) in [6.45, 7) is 2.00. The van der Waals surface area contributed by atoms with Crippen molar-refractivity contribution in [2.45, 2.75) is 13.0 Å². The summed E-state index contributed by atoms with van der Waals surface area (Å²) in [4.78, 5) is 4.53. The number of aromatic nitrogens is 1. The van der Waals surface area contributed by atoms with Crippen LogP contribution in [-0.2, 0) is 0 Å². The van der Waals surface area contributed by atoms with E-state index in [2.05, 4.69) is 66.5 Å². The minimum atomic E-state index is -0.0624.